The molecule has 0 spiro atoms. The van der Waals surface area contributed by atoms with Gasteiger partial charge in [-0.3, -0.25) is 0 Å². The molecular formula is C21H19ClF3N3O4S. The Kier molecular flexibility index (Phi) is 7.27. The van der Waals surface area contributed by atoms with Crippen LogP contribution in [0.25, 0.3) is 11.3 Å². The van der Waals surface area contributed by atoms with Crippen LogP contribution in [0.1, 0.15) is 11.6 Å². The number of benzene rings is 2. The molecule has 7 nitrogen and oxygen atoms in total. The molecule has 33 heavy (non-hydrogen) atoms. The summed E-state index contributed by atoms with van der Waals surface area (Å²) in [5, 5.41) is 39.5. The number of rotatable bonds is 6. The molecule has 176 valence electrons. The first kappa shape index (κ1) is 24.0. The molecule has 0 bridgehead atoms. The molecule has 5 atom stereocenters. The van der Waals surface area contributed by atoms with E-state index in [-0.39, 0.29) is 11.3 Å². The number of halogens is 4. The van der Waals surface area contributed by atoms with Crippen LogP contribution in [0.4, 0.5) is 13.2 Å². The molecule has 3 N–H and O–H groups in total. The topological polar surface area (TPSA) is 101 Å². The van der Waals surface area contributed by atoms with Crippen molar-refractivity contribution >= 4 is 23.4 Å². The molecule has 12 heteroatoms. The lowest BCUT2D eigenvalue weighted by atomic mass is 9.97. The van der Waals surface area contributed by atoms with Crippen molar-refractivity contribution in [1.82, 2.24) is 15.0 Å². The van der Waals surface area contributed by atoms with Crippen LogP contribution in [0.15, 0.2) is 42.6 Å². The maximum Gasteiger partial charge on any atom is 0.194 e. The second-order valence-electron chi connectivity index (χ2n) is 7.44. The van der Waals surface area contributed by atoms with Crippen LogP contribution < -0.4 is 0 Å². The molecule has 5 unspecified atom stereocenters. The van der Waals surface area contributed by atoms with E-state index in [0.717, 1.165) is 22.4 Å². The molecule has 0 aliphatic carbocycles. The van der Waals surface area contributed by atoms with Crippen LogP contribution in [0.2, 0.25) is 5.02 Å². The lowest BCUT2D eigenvalue weighted by Gasteiger charge is -2.41. The third-order valence-electron chi connectivity index (χ3n) is 5.30. The number of hydrogen-bond donors (Lipinski definition) is 3. The highest BCUT2D eigenvalue weighted by Gasteiger charge is 2.46. The quantitative estimate of drug-likeness (QED) is 0.446. The van der Waals surface area contributed by atoms with Gasteiger partial charge in [-0.25, -0.2) is 17.9 Å². The van der Waals surface area contributed by atoms with Gasteiger partial charge in [0.1, 0.15) is 35.5 Å². The van der Waals surface area contributed by atoms with E-state index in [4.69, 9.17) is 16.3 Å². The fourth-order valence-electron chi connectivity index (χ4n) is 3.56. The Bertz CT molecular complexity index is 1110. The van der Waals surface area contributed by atoms with Gasteiger partial charge in [-0.2, -0.15) is 0 Å². The fraction of sp³-hybridized carbons (Fsp3) is 0.333. The zero-order valence-corrected chi connectivity index (χ0v) is 18.4. The Morgan fingerprint density at radius 2 is 1.79 bits per heavy atom. The number of nitrogens with zero attached hydrogens (tertiary/aromatic N) is 3. The molecule has 1 aromatic heterocycles. The van der Waals surface area contributed by atoms with E-state index in [1.165, 1.54) is 18.0 Å². The molecule has 2 aromatic carbocycles. The van der Waals surface area contributed by atoms with Crippen LogP contribution in [0.5, 0.6) is 0 Å². The standard InChI is InChI=1S/C21H19ClF3N3O4S/c22-12-4-2-1-3-10(12)9-33-21-20(31)18(19(30)16(8-29)32-21)28-7-15(26-27-28)11-5-13(23)17(25)14(24)6-11/h1-7,16,18-21,29-31H,8-9H2. The Balaban J connectivity index is 1.58. The van der Waals surface area contributed by atoms with Crippen molar-refractivity contribution in [2.45, 2.75) is 35.5 Å². The Morgan fingerprint density at radius 1 is 1.09 bits per heavy atom. The Labute approximate surface area is 195 Å². The Morgan fingerprint density at radius 3 is 2.45 bits per heavy atom. The van der Waals surface area contributed by atoms with Gasteiger partial charge < -0.3 is 20.1 Å². The predicted molar refractivity (Wildman–Crippen MR) is 115 cm³/mol. The highest BCUT2D eigenvalue weighted by Crippen LogP contribution is 2.37. The van der Waals surface area contributed by atoms with E-state index in [2.05, 4.69) is 10.3 Å². The predicted octanol–water partition coefficient (Wildman–Crippen LogP) is 2.93. The highest BCUT2D eigenvalue weighted by atomic mass is 35.5. The third kappa shape index (κ3) is 4.88. The van der Waals surface area contributed by atoms with E-state index >= 15 is 0 Å². The van der Waals surface area contributed by atoms with Crippen molar-refractivity contribution in [1.29, 1.82) is 0 Å². The molecule has 1 saturated heterocycles. The summed E-state index contributed by atoms with van der Waals surface area (Å²) in [6.45, 7) is -0.524. The second kappa shape index (κ2) is 10.00. The van der Waals surface area contributed by atoms with Crippen LogP contribution in [-0.2, 0) is 10.5 Å². The summed E-state index contributed by atoms with van der Waals surface area (Å²) < 4.78 is 47.3. The zero-order valence-electron chi connectivity index (χ0n) is 16.9. The van der Waals surface area contributed by atoms with E-state index in [0.29, 0.717) is 10.8 Å². The second-order valence-corrected chi connectivity index (χ2v) is 8.93. The summed E-state index contributed by atoms with van der Waals surface area (Å²) in [6, 6.07) is 7.61. The Hall–Kier alpha value is -2.15. The minimum Gasteiger partial charge on any atom is -0.394 e. The normalized spacial score (nSPS) is 25.4. The summed E-state index contributed by atoms with van der Waals surface area (Å²) in [5.41, 5.74) is -0.122. The fourth-order valence-corrected chi connectivity index (χ4v) is 5.02. The lowest BCUT2D eigenvalue weighted by molar-refractivity contribution is -0.178. The van der Waals surface area contributed by atoms with Gasteiger partial charge in [-0.15, -0.1) is 16.9 Å². The molecule has 0 saturated carbocycles. The number of hydrogen-bond acceptors (Lipinski definition) is 7. The summed E-state index contributed by atoms with van der Waals surface area (Å²) >= 11 is 7.40. The molecule has 1 aliphatic rings. The first-order valence-corrected chi connectivity index (χ1v) is 11.3. The number of aliphatic hydroxyl groups is 3. The summed E-state index contributed by atoms with van der Waals surface area (Å²) in [5.74, 6) is -3.99. The zero-order chi connectivity index (χ0) is 23.7. The minimum atomic E-state index is -1.61. The number of aromatic nitrogens is 3. The molecule has 3 aromatic rings. The van der Waals surface area contributed by atoms with Gasteiger partial charge in [0, 0.05) is 16.3 Å². The van der Waals surface area contributed by atoms with Crippen molar-refractivity contribution in [3.8, 4) is 11.3 Å². The molecule has 1 aliphatic heterocycles. The average Bonchev–Trinajstić information content (AvgIpc) is 3.27. The molecule has 0 radical (unpaired) electrons. The van der Waals surface area contributed by atoms with Gasteiger partial charge in [-0.05, 0) is 23.8 Å². The number of ether oxygens (including phenoxy) is 1. The SMILES string of the molecule is OCC1OC(SCc2ccccc2Cl)C(O)C(n2cc(-c3cc(F)c(F)c(F)c3)nn2)C1O. The average molecular weight is 502 g/mol. The molecule has 0 amide bonds. The van der Waals surface area contributed by atoms with Crippen LogP contribution >= 0.6 is 23.4 Å². The molecule has 4 rings (SSSR count). The van der Waals surface area contributed by atoms with Gasteiger partial charge in [0.25, 0.3) is 0 Å². The van der Waals surface area contributed by atoms with Gasteiger partial charge >= 0.3 is 0 Å². The van der Waals surface area contributed by atoms with Crippen molar-refractivity contribution in [2.75, 3.05) is 6.61 Å². The first-order chi connectivity index (χ1) is 15.8. The van der Waals surface area contributed by atoms with Crippen molar-refractivity contribution in [3.05, 3.63) is 70.6 Å². The van der Waals surface area contributed by atoms with Crippen LogP contribution in [-0.4, -0.2) is 60.7 Å². The van der Waals surface area contributed by atoms with E-state index in [1.807, 2.05) is 12.1 Å². The first-order valence-electron chi connectivity index (χ1n) is 9.84. The summed E-state index contributed by atoms with van der Waals surface area (Å²) in [6.07, 6.45) is -2.42. The third-order valence-corrected chi connectivity index (χ3v) is 6.87. The highest BCUT2D eigenvalue weighted by molar-refractivity contribution is 7.99. The largest absolute Gasteiger partial charge is 0.394 e. The maximum absolute atomic E-state index is 13.6. The summed E-state index contributed by atoms with van der Waals surface area (Å²) in [7, 11) is 0. The van der Waals surface area contributed by atoms with E-state index < -0.39 is 53.8 Å². The smallest absolute Gasteiger partial charge is 0.194 e. The lowest BCUT2D eigenvalue weighted by Crippen LogP contribution is -2.55. The van der Waals surface area contributed by atoms with Crippen LogP contribution in [0, 0.1) is 17.5 Å². The minimum absolute atomic E-state index is 0.000453. The number of thioether (sulfide) groups is 1. The van der Waals surface area contributed by atoms with Gasteiger partial charge in [0.2, 0.25) is 0 Å². The molecular weight excluding hydrogens is 483 g/mol. The summed E-state index contributed by atoms with van der Waals surface area (Å²) in [4.78, 5) is 0. The van der Waals surface area contributed by atoms with Crippen molar-refractivity contribution < 1.29 is 33.2 Å². The van der Waals surface area contributed by atoms with Gasteiger partial charge in [0.05, 0.1) is 12.8 Å². The van der Waals surface area contributed by atoms with Crippen LogP contribution in [0.3, 0.4) is 0 Å². The van der Waals surface area contributed by atoms with Crippen molar-refractivity contribution in [2.24, 2.45) is 0 Å². The molecule has 1 fully saturated rings. The van der Waals surface area contributed by atoms with Crippen molar-refractivity contribution in [3.63, 3.8) is 0 Å². The van der Waals surface area contributed by atoms with Gasteiger partial charge in [-0.1, -0.05) is 35.0 Å². The maximum atomic E-state index is 13.6. The number of aliphatic hydroxyl groups excluding tert-OH is 3. The van der Waals surface area contributed by atoms with E-state index in [9.17, 15) is 28.5 Å². The van der Waals surface area contributed by atoms with E-state index in [1.54, 1.807) is 12.1 Å². The van der Waals surface area contributed by atoms with Gasteiger partial charge in [0.15, 0.2) is 17.5 Å². The molecule has 2 heterocycles. The monoisotopic (exact) mass is 501 g/mol.